The van der Waals surface area contributed by atoms with Crippen LogP contribution in [0.3, 0.4) is 0 Å². The third-order valence-corrected chi connectivity index (χ3v) is 2.56. The normalized spacial score (nSPS) is 13.5. The monoisotopic (exact) mass is 236 g/mol. The fourth-order valence-electron chi connectivity index (χ4n) is 1.89. The van der Waals surface area contributed by atoms with Crippen LogP contribution in [0.15, 0.2) is 18.2 Å². The Morgan fingerprint density at radius 1 is 1.35 bits per heavy atom. The lowest BCUT2D eigenvalue weighted by atomic mass is 9.85. The molecule has 1 unspecified atom stereocenters. The van der Waals surface area contributed by atoms with Gasteiger partial charge in [0, 0.05) is 18.2 Å². The SMILES string of the molecule is Cc1cc(C(N)CC(C)(C)C)cc([N+](=O)[O-])c1. The highest BCUT2D eigenvalue weighted by molar-refractivity contribution is 5.40. The second kappa shape index (κ2) is 4.84. The van der Waals surface area contributed by atoms with Crippen LogP contribution in [0.25, 0.3) is 0 Å². The van der Waals surface area contributed by atoms with E-state index in [0.29, 0.717) is 0 Å². The van der Waals surface area contributed by atoms with Crippen molar-refractivity contribution in [1.82, 2.24) is 0 Å². The molecule has 0 aliphatic heterocycles. The zero-order valence-corrected chi connectivity index (χ0v) is 10.9. The smallest absolute Gasteiger partial charge is 0.270 e. The fourth-order valence-corrected chi connectivity index (χ4v) is 1.89. The quantitative estimate of drug-likeness (QED) is 0.646. The van der Waals surface area contributed by atoms with Crippen LogP contribution in [-0.2, 0) is 0 Å². The van der Waals surface area contributed by atoms with Gasteiger partial charge in [-0.15, -0.1) is 0 Å². The van der Waals surface area contributed by atoms with E-state index in [1.54, 1.807) is 12.1 Å². The molecule has 1 aromatic carbocycles. The van der Waals surface area contributed by atoms with E-state index in [1.165, 1.54) is 0 Å². The van der Waals surface area contributed by atoms with Crippen LogP contribution in [0.5, 0.6) is 0 Å². The molecule has 0 aliphatic carbocycles. The van der Waals surface area contributed by atoms with Crippen LogP contribution in [-0.4, -0.2) is 4.92 Å². The maximum Gasteiger partial charge on any atom is 0.270 e. The number of non-ortho nitro benzene ring substituents is 1. The van der Waals surface area contributed by atoms with Crippen molar-refractivity contribution in [3.8, 4) is 0 Å². The van der Waals surface area contributed by atoms with Crippen molar-refractivity contribution >= 4 is 5.69 Å². The van der Waals surface area contributed by atoms with Crippen LogP contribution < -0.4 is 5.73 Å². The molecule has 1 atom stereocenters. The van der Waals surface area contributed by atoms with Gasteiger partial charge in [0.05, 0.1) is 4.92 Å². The summed E-state index contributed by atoms with van der Waals surface area (Å²) in [6.45, 7) is 8.17. The number of hydrogen-bond acceptors (Lipinski definition) is 3. The van der Waals surface area contributed by atoms with E-state index in [4.69, 9.17) is 5.73 Å². The van der Waals surface area contributed by atoms with Crippen molar-refractivity contribution < 1.29 is 4.92 Å². The lowest BCUT2D eigenvalue weighted by Crippen LogP contribution is -2.19. The Hall–Kier alpha value is -1.42. The highest BCUT2D eigenvalue weighted by Crippen LogP contribution is 2.29. The molecule has 0 heterocycles. The first-order chi connectivity index (χ1) is 7.69. The Balaban J connectivity index is 3.01. The number of nitro groups is 1. The van der Waals surface area contributed by atoms with Crippen molar-refractivity contribution in [2.45, 2.75) is 40.2 Å². The summed E-state index contributed by atoms with van der Waals surface area (Å²) in [4.78, 5) is 10.4. The second-order valence-electron chi connectivity index (χ2n) is 5.73. The molecular weight excluding hydrogens is 216 g/mol. The van der Waals surface area contributed by atoms with Gasteiger partial charge in [-0.05, 0) is 29.9 Å². The van der Waals surface area contributed by atoms with Crippen LogP contribution in [0, 0.1) is 22.5 Å². The highest BCUT2D eigenvalue weighted by Gasteiger charge is 2.19. The summed E-state index contributed by atoms with van der Waals surface area (Å²) in [6, 6.07) is 4.90. The molecule has 4 heteroatoms. The van der Waals surface area contributed by atoms with Gasteiger partial charge in [-0.1, -0.05) is 26.8 Å². The molecule has 0 radical (unpaired) electrons. The Morgan fingerprint density at radius 2 is 1.94 bits per heavy atom. The first kappa shape index (κ1) is 13.6. The van der Waals surface area contributed by atoms with Gasteiger partial charge in [-0.25, -0.2) is 0 Å². The van der Waals surface area contributed by atoms with E-state index in [2.05, 4.69) is 20.8 Å². The number of hydrogen-bond donors (Lipinski definition) is 1. The predicted molar refractivity (Wildman–Crippen MR) is 68.8 cm³/mol. The maximum atomic E-state index is 10.8. The summed E-state index contributed by atoms with van der Waals surface area (Å²) in [5.41, 5.74) is 8.03. The zero-order chi connectivity index (χ0) is 13.2. The summed E-state index contributed by atoms with van der Waals surface area (Å²) in [6.07, 6.45) is 0.799. The third kappa shape index (κ3) is 4.15. The molecule has 94 valence electrons. The van der Waals surface area contributed by atoms with E-state index < -0.39 is 0 Å². The van der Waals surface area contributed by atoms with Crippen molar-refractivity contribution in [3.05, 3.63) is 39.4 Å². The lowest BCUT2D eigenvalue weighted by Gasteiger charge is -2.23. The predicted octanol–water partition coefficient (Wildman–Crippen LogP) is 3.34. The molecule has 0 aliphatic rings. The van der Waals surface area contributed by atoms with E-state index >= 15 is 0 Å². The number of nitrogens with zero attached hydrogens (tertiary/aromatic N) is 1. The van der Waals surface area contributed by atoms with E-state index in [1.807, 2.05) is 13.0 Å². The minimum Gasteiger partial charge on any atom is -0.324 e. The van der Waals surface area contributed by atoms with Gasteiger partial charge >= 0.3 is 0 Å². The zero-order valence-electron chi connectivity index (χ0n) is 10.9. The molecule has 4 nitrogen and oxygen atoms in total. The molecule has 0 amide bonds. The number of aryl methyl sites for hydroxylation is 1. The van der Waals surface area contributed by atoms with Gasteiger partial charge in [-0.2, -0.15) is 0 Å². The van der Waals surface area contributed by atoms with Crippen molar-refractivity contribution in [1.29, 1.82) is 0 Å². The minimum absolute atomic E-state index is 0.109. The number of nitro benzene ring substituents is 1. The minimum atomic E-state index is -0.375. The van der Waals surface area contributed by atoms with Crippen molar-refractivity contribution in [2.75, 3.05) is 0 Å². The van der Waals surface area contributed by atoms with Gasteiger partial charge in [0.25, 0.3) is 5.69 Å². The molecule has 0 saturated carbocycles. The molecule has 17 heavy (non-hydrogen) atoms. The van der Waals surface area contributed by atoms with Crippen LogP contribution in [0.4, 0.5) is 5.69 Å². The van der Waals surface area contributed by atoms with Crippen LogP contribution in [0.1, 0.15) is 44.4 Å². The van der Waals surface area contributed by atoms with Gasteiger partial charge in [0.2, 0.25) is 0 Å². The van der Waals surface area contributed by atoms with Crippen LogP contribution >= 0.6 is 0 Å². The highest BCUT2D eigenvalue weighted by atomic mass is 16.6. The summed E-state index contributed by atoms with van der Waals surface area (Å²) in [5, 5.41) is 10.8. The van der Waals surface area contributed by atoms with Crippen LogP contribution in [0.2, 0.25) is 0 Å². The van der Waals surface area contributed by atoms with Gasteiger partial charge in [0.15, 0.2) is 0 Å². The van der Waals surface area contributed by atoms with E-state index in [0.717, 1.165) is 17.5 Å². The molecule has 0 saturated heterocycles. The molecule has 1 rings (SSSR count). The topological polar surface area (TPSA) is 69.2 Å². The number of nitrogens with two attached hydrogens (primary N) is 1. The third-order valence-electron chi connectivity index (χ3n) is 2.56. The maximum absolute atomic E-state index is 10.8. The summed E-state index contributed by atoms with van der Waals surface area (Å²) in [5.74, 6) is 0. The van der Waals surface area contributed by atoms with E-state index in [9.17, 15) is 10.1 Å². The van der Waals surface area contributed by atoms with Crippen molar-refractivity contribution in [2.24, 2.45) is 11.1 Å². The van der Waals surface area contributed by atoms with E-state index in [-0.39, 0.29) is 22.1 Å². The van der Waals surface area contributed by atoms with Gasteiger partial charge in [0.1, 0.15) is 0 Å². The molecule has 0 aromatic heterocycles. The molecule has 2 N–H and O–H groups in total. The summed E-state index contributed by atoms with van der Waals surface area (Å²) < 4.78 is 0. The molecular formula is C13H20N2O2. The Bertz CT molecular complexity index is 422. The Morgan fingerprint density at radius 3 is 2.41 bits per heavy atom. The second-order valence-corrected chi connectivity index (χ2v) is 5.73. The first-order valence-corrected chi connectivity index (χ1v) is 5.70. The molecule has 0 bridgehead atoms. The summed E-state index contributed by atoms with van der Waals surface area (Å²) >= 11 is 0. The van der Waals surface area contributed by atoms with Gasteiger partial charge < -0.3 is 5.73 Å². The molecule has 1 aromatic rings. The number of benzene rings is 1. The lowest BCUT2D eigenvalue weighted by molar-refractivity contribution is -0.385. The molecule has 0 spiro atoms. The Labute approximate surface area is 102 Å². The fraction of sp³-hybridized carbons (Fsp3) is 0.538. The average molecular weight is 236 g/mol. The largest absolute Gasteiger partial charge is 0.324 e. The van der Waals surface area contributed by atoms with Gasteiger partial charge in [-0.3, -0.25) is 10.1 Å². The average Bonchev–Trinajstić information content (AvgIpc) is 2.13. The standard InChI is InChI=1S/C13H20N2O2/c1-9-5-10(7-11(6-9)15(16)17)12(14)8-13(2,3)4/h5-7,12H,8,14H2,1-4H3. The number of rotatable bonds is 3. The Kier molecular flexibility index (Phi) is 3.88. The first-order valence-electron chi connectivity index (χ1n) is 5.70. The summed E-state index contributed by atoms with van der Waals surface area (Å²) in [7, 11) is 0. The molecule has 0 fully saturated rings. The van der Waals surface area contributed by atoms with Crippen molar-refractivity contribution in [3.63, 3.8) is 0 Å².